The van der Waals surface area contributed by atoms with Crippen LogP contribution in [0.15, 0.2) is 35.7 Å². The van der Waals surface area contributed by atoms with Crippen molar-refractivity contribution in [2.75, 3.05) is 13.1 Å². The number of carbonyl (C=O) groups is 2. The standard InChI is InChI=1S/C22H30FN3O2S/c1-5-17(4)26(22(28)24-6-2)15-21(27)25(14-20-16(3)11-12-29-20)13-18-7-9-19(23)10-8-18/h7-12,17H,5-6,13-15H2,1-4H3,(H,24,28)/t17-/m1/s1. The summed E-state index contributed by atoms with van der Waals surface area (Å²) in [4.78, 5) is 30.1. The van der Waals surface area contributed by atoms with E-state index in [4.69, 9.17) is 0 Å². The Labute approximate surface area is 176 Å². The number of hydrogen-bond acceptors (Lipinski definition) is 3. The molecular formula is C22H30FN3O2S. The van der Waals surface area contributed by atoms with Gasteiger partial charge in [0, 0.05) is 24.0 Å². The lowest BCUT2D eigenvalue weighted by molar-refractivity contribution is -0.133. The summed E-state index contributed by atoms with van der Waals surface area (Å²) in [5.74, 6) is -0.436. The van der Waals surface area contributed by atoms with E-state index in [1.54, 1.807) is 33.3 Å². The highest BCUT2D eigenvalue weighted by atomic mass is 32.1. The molecule has 0 aliphatic rings. The molecule has 0 saturated heterocycles. The number of thiophene rings is 1. The summed E-state index contributed by atoms with van der Waals surface area (Å²) >= 11 is 1.61. The normalized spacial score (nSPS) is 11.8. The Morgan fingerprint density at radius 3 is 2.38 bits per heavy atom. The first kappa shape index (κ1) is 22.9. The Balaban J connectivity index is 2.22. The van der Waals surface area contributed by atoms with Gasteiger partial charge in [0.05, 0.1) is 6.54 Å². The molecule has 2 rings (SSSR count). The summed E-state index contributed by atoms with van der Waals surface area (Å²) in [6, 6.07) is 7.91. The average molecular weight is 420 g/mol. The fraction of sp³-hybridized carbons (Fsp3) is 0.455. The molecule has 0 unspecified atom stereocenters. The maximum atomic E-state index is 13.3. The fourth-order valence-corrected chi connectivity index (χ4v) is 3.85. The van der Waals surface area contributed by atoms with Gasteiger partial charge in [-0.05, 0) is 61.9 Å². The van der Waals surface area contributed by atoms with E-state index >= 15 is 0 Å². The molecule has 29 heavy (non-hydrogen) atoms. The number of benzene rings is 1. The van der Waals surface area contributed by atoms with Gasteiger partial charge in [-0.2, -0.15) is 0 Å². The van der Waals surface area contributed by atoms with E-state index in [1.807, 2.05) is 39.1 Å². The smallest absolute Gasteiger partial charge is 0.318 e. The number of amides is 3. The van der Waals surface area contributed by atoms with Gasteiger partial charge < -0.3 is 15.1 Å². The zero-order valence-corrected chi connectivity index (χ0v) is 18.4. The minimum Gasteiger partial charge on any atom is -0.338 e. The second kappa shape index (κ2) is 11.0. The van der Waals surface area contributed by atoms with E-state index in [2.05, 4.69) is 5.32 Å². The molecule has 3 amide bonds. The third-order valence-electron chi connectivity index (χ3n) is 4.96. The molecule has 0 spiro atoms. The first-order chi connectivity index (χ1) is 13.8. The van der Waals surface area contributed by atoms with Crippen LogP contribution in [0.1, 0.15) is 43.2 Å². The molecule has 0 radical (unpaired) electrons. The highest BCUT2D eigenvalue weighted by Crippen LogP contribution is 2.20. The van der Waals surface area contributed by atoms with Crippen molar-refractivity contribution in [2.45, 2.75) is 53.2 Å². The summed E-state index contributed by atoms with van der Waals surface area (Å²) < 4.78 is 13.3. The molecule has 158 valence electrons. The van der Waals surface area contributed by atoms with Crippen molar-refractivity contribution in [3.8, 4) is 0 Å². The van der Waals surface area contributed by atoms with E-state index < -0.39 is 0 Å². The predicted octanol–water partition coefficient (Wildman–Crippen LogP) is 4.55. The number of rotatable bonds is 9. The summed E-state index contributed by atoms with van der Waals surface area (Å²) in [6.45, 7) is 9.15. The molecule has 1 heterocycles. The highest BCUT2D eigenvalue weighted by molar-refractivity contribution is 7.10. The van der Waals surface area contributed by atoms with Crippen LogP contribution in [0.4, 0.5) is 9.18 Å². The molecule has 7 heteroatoms. The average Bonchev–Trinajstić information content (AvgIpc) is 3.11. The largest absolute Gasteiger partial charge is 0.338 e. The molecule has 2 aromatic rings. The Bertz CT molecular complexity index is 807. The number of urea groups is 1. The lowest BCUT2D eigenvalue weighted by Gasteiger charge is -2.31. The van der Waals surface area contributed by atoms with Crippen molar-refractivity contribution in [3.63, 3.8) is 0 Å². The second-order valence-electron chi connectivity index (χ2n) is 7.12. The van der Waals surface area contributed by atoms with Gasteiger partial charge in [-0.15, -0.1) is 11.3 Å². The van der Waals surface area contributed by atoms with Gasteiger partial charge in [-0.25, -0.2) is 9.18 Å². The van der Waals surface area contributed by atoms with Crippen LogP contribution in [0, 0.1) is 12.7 Å². The Kier molecular flexibility index (Phi) is 8.64. The van der Waals surface area contributed by atoms with E-state index in [1.165, 1.54) is 12.1 Å². The van der Waals surface area contributed by atoms with E-state index in [9.17, 15) is 14.0 Å². The van der Waals surface area contributed by atoms with Gasteiger partial charge in [0.15, 0.2) is 0 Å². The summed E-state index contributed by atoms with van der Waals surface area (Å²) in [7, 11) is 0. The van der Waals surface area contributed by atoms with Crippen LogP contribution < -0.4 is 5.32 Å². The van der Waals surface area contributed by atoms with Crippen molar-refractivity contribution < 1.29 is 14.0 Å². The van der Waals surface area contributed by atoms with Gasteiger partial charge in [0.1, 0.15) is 12.4 Å². The van der Waals surface area contributed by atoms with E-state index in [0.717, 1.165) is 22.4 Å². The molecule has 5 nitrogen and oxygen atoms in total. The number of hydrogen-bond donors (Lipinski definition) is 1. The van der Waals surface area contributed by atoms with Gasteiger partial charge >= 0.3 is 6.03 Å². The Morgan fingerprint density at radius 1 is 1.14 bits per heavy atom. The fourth-order valence-electron chi connectivity index (χ4n) is 2.93. The number of carbonyl (C=O) groups excluding carboxylic acids is 2. The topological polar surface area (TPSA) is 52.7 Å². The van der Waals surface area contributed by atoms with Gasteiger partial charge in [0.25, 0.3) is 0 Å². The van der Waals surface area contributed by atoms with Gasteiger partial charge in [-0.1, -0.05) is 19.1 Å². The van der Waals surface area contributed by atoms with E-state index in [0.29, 0.717) is 19.6 Å². The number of nitrogens with zero attached hydrogens (tertiary/aromatic N) is 2. The SMILES string of the molecule is CCNC(=O)N(CC(=O)N(Cc1ccc(F)cc1)Cc1sccc1C)[C@H](C)CC. The van der Waals surface area contributed by atoms with Crippen molar-refractivity contribution in [1.82, 2.24) is 15.1 Å². The molecule has 0 bridgehead atoms. The summed E-state index contributed by atoms with van der Waals surface area (Å²) in [6.07, 6.45) is 0.756. The van der Waals surface area contributed by atoms with Crippen LogP contribution in [0.2, 0.25) is 0 Å². The quantitative estimate of drug-likeness (QED) is 0.648. The molecular weight excluding hydrogens is 389 g/mol. The number of halogens is 1. The van der Waals surface area contributed by atoms with Crippen LogP contribution in [0.25, 0.3) is 0 Å². The van der Waals surface area contributed by atoms with Crippen molar-refractivity contribution >= 4 is 23.3 Å². The number of nitrogens with one attached hydrogen (secondary N) is 1. The zero-order valence-electron chi connectivity index (χ0n) is 17.6. The maximum absolute atomic E-state index is 13.3. The van der Waals surface area contributed by atoms with E-state index in [-0.39, 0.29) is 30.3 Å². The molecule has 0 saturated carbocycles. The van der Waals surface area contributed by atoms with Crippen LogP contribution in [-0.4, -0.2) is 40.9 Å². The second-order valence-corrected chi connectivity index (χ2v) is 8.12. The lowest BCUT2D eigenvalue weighted by Crippen LogP contribution is -2.50. The lowest BCUT2D eigenvalue weighted by atomic mass is 10.2. The third-order valence-corrected chi connectivity index (χ3v) is 5.97. The summed E-state index contributed by atoms with van der Waals surface area (Å²) in [5, 5.41) is 4.80. The Hall–Kier alpha value is -2.41. The van der Waals surface area contributed by atoms with Crippen molar-refractivity contribution in [1.29, 1.82) is 0 Å². The van der Waals surface area contributed by atoms with Crippen LogP contribution in [-0.2, 0) is 17.9 Å². The molecule has 0 aliphatic carbocycles. The highest BCUT2D eigenvalue weighted by Gasteiger charge is 2.25. The molecule has 0 fully saturated rings. The minimum atomic E-state index is -0.306. The first-order valence-corrected chi connectivity index (χ1v) is 10.8. The van der Waals surface area contributed by atoms with Gasteiger partial charge in [0.2, 0.25) is 5.91 Å². The van der Waals surface area contributed by atoms with Crippen LogP contribution in [0.3, 0.4) is 0 Å². The van der Waals surface area contributed by atoms with Gasteiger partial charge in [-0.3, -0.25) is 4.79 Å². The Morgan fingerprint density at radius 2 is 1.83 bits per heavy atom. The molecule has 1 N–H and O–H groups in total. The molecule has 1 aromatic heterocycles. The molecule has 1 atom stereocenters. The molecule has 1 aromatic carbocycles. The summed E-state index contributed by atoms with van der Waals surface area (Å²) in [5.41, 5.74) is 1.98. The van der Waals surface area contributed by atoms with Crippen LogP contribution >= 0.6 is 11.3 Å². The van der Waals surface area contributed by atoms with Crippen molar-refractivity contribution in [3.05, 3.63) is 57.5 Å². The monoisotopic (exact) mass is 419 g/mol. The molecule has 0 aliphatic heterocycles. The number of aryl methyl sites for hydroxylation is 1. The first-order valence-electron chi connectivity index (χ1n) is 9.95. The van der Waals surface area contributed by atoms with Crippen molar-refractivity contribution in [2.24, 2.45) is 0 Å². The van der Waals surface area contributed by atoms with Crippen LogP contribution in [0.5, 0.6) is 0 Å². The zero-order chi connectivity index (χ0) is 21.4. The minimum absolute atomic E-state index is 0.00641. The maximum Gasteiger partial charge on any atom is 0.318 e. The predicted molar refractivity (Wildman–Crippen MR) is 115 cm³/mol. The third kappa shape index (κ3) is 6.56.